The smallest absolute Gasteiger partial charge is 0.0837 e. The Labute approximate surface area is 207 Å². The Hall–Kier alpha value is -2.04. The van der Waals surface area contributed by atoms with Crippen molar-refractivity contribution in [3.05, 3.63) is 58.7 Å². The number of nitrogen functional groups attached to an aromatic ring is 2. The fraction of sp³-hybridized carbons (Fsp3) is 0.600. The third-order valence-corrected chi connectivity index (χ3v) is 8.09. The van der Waals surface area contributed by atoms with E-state index in [2.05, 4.69) is 65.8 Å². The first kappa shape index (κ1) is 28.2. The van der Waals surface area contributed by atoms with Crippen LogP contribution in [0.1, 0.15) is 120 Å². The van der Waals surface area contributed by atoms with Crippen LogP contribution in [0.15, 0.2) is 36.4 Å². The SMILES string of the molecule is CCC(CC)C(O)c1cc(C(c2ccc(N)c(C(O)C(CC)CC)c2)C(CC)CC)ccc1N. The van der Waals surface area contributed by atoms with Gasteiger partial charge in [-0.05, 0) is 41.0 Å². The predicted molar refractivity (Wildman–Crippen MR) is 146 cm³/mol. The van der Waals surface area contributed by atoms with E-state index in [1.165, 1.54) is 0 Å². The van der Waals surface area contributed by atoms with E-state index in [1.807, 2.05) is 12.1 Å². The van der Waals surface area contributed by atoms with Crippen molar-refractivity contribution in [1.82, 2.24) is 0 Å². The highest BCUT2D eigenvalue weighted by Gasteiger charge is 2.28. The molecule has 2 aromatic carbocycles. The van der Waals surface area contributed by atoms with E-state index < -0.39 is 12.2 Å². The molecule has 0 aliphatic carbocycles. The van der Waals surface area contributed by atoms with Crippen LogP contribution < -0.4 is 11.5 Å². The molecule has 6 N–H and O–H groups in total. The molecule has 2 unspecified atom stereocenters. The first-order chi connectivity index (χ1) is 16.3. The van der Waals surface area contributed by atoms with E-state index in [4.69, 9.17) is 11.5 Å². The second-order valence-corrected chi connectivity index (χ2v) is 9.87. The lowest BCUT2D eigenvalue weighted by atomic mass is 9.76. The lowest BCUT2D eigenvalue weighted by Crippen LogP contribution is -2.18. The van der Waals surface area contributed by atoms with Gasteiger partial charge in [0.15, 0.2) is 0 Å². The highest BCUT2D eigenvalue weighted by atomic mass is 16.3. The van der Waals surface area contributed by atoms with Gasteiger partial charge in [-0.25, -0.2) is 0 Å². The van der Waals surface area contributed by atoms with Crippen LogP contribution in [0.5, 0.6) is 0 Å². The van der Waals surface area contributed by atoms with Crippen molar-refractivity contribution in [3.8, 4) is 0 Å². The van der Waals surface area contributed by atoms with Crippen molar-refractivity contribution in [2.45, 2.75) is 98.2 Å². The van der Waals surface area contributed by atoms with E-state index in [9.17, 15) is 10.2 Å². The summed E-state index contributed by atoms with van der Waals surface area (Å²) in [4.78, 5) is 0. The number of nitrogens with two attached hydrogens (primary N) is 2. The van der Waals surface area contributed by atoms with E-state index in [1.54, 1.807) is 0 Å². The Morgan fingerprint density at radius 3 is 1.18 bits per heavy atom. The zero-order valence-electron chi connectivity index (χ0n) is 22.2. The van der Waals surface area contributed by atoms with Crippen LogP contribution in [-0.2, 0) is 0 Å². The molecule has 0 bridgehead atoms. The Morgan fingerprint density at radius 2 is 0.882 bits per heavy atom. The molecule has 34 heavy (non-hydrogen) atoms. The largest absolute Gasteiger partial charge is 0.398 e. The minimum atomic E-state index is -0.573. The van der Waals surface area contributed by atoms with Gasteiger partial charge >= 0.3 is 0 Å². The standard InChI is InChI=1S/C30H48N2O2/c1-7-19(8-2)28(22-13-15-26(31)24(17-22)29(33)20(9-3)10-4)23-14-16-27(32)25(18-23)30(34)21(11-5)12-6/h13-21,28-30,33-34H,7-12,31-32H2,1-6H3. The van der Waals surface area contributed by atoms with Crippen LogP contribution in [0, 0.1) is 17.8 Å². The van der Waals surface area contributed by atoms with Crippen molar-refractivity contribution >= 4 is 11.4 Å². The molecule has 0 spiro atoms. The van der Waals surface area contributed by atoms with Crippen molar-refractivity contribution < 1.29 is 10.2 Å². The first-order valence-corrected chi connectivity index (χ1v) is 13.4. The third kappa shape index (κ3) is 6.14. The van der Waals surface area contributed by atoms with Gasteiger partial charge in [-0.15, -0.1) is 0 Å². The third-order valence-electron chi connectivity index (χ3n) is 8.09. The van der Waals surface area contributed by atoms with Gasteiger partial charge in [0.2, 0.25) is 0 Å². The minimum Gasteiger partial charge on any atom is -0.398 e. The number of anilines is 2. The Balaban J connectivity index is 2.63. The average molecular weight is 469 g/mol. The normalized spacial score (nSPS) is 14.7. The van der Waals surface area contributed by atoms with Gasteiger partial charge in [0.1, 0.15) is 0 Å². The average Bonchev–Trinajstić information content (AvgIpc) is 2.85. The molecular weight excluding hydrogens is 420 g/mol. The molecule has 0 saturated carbocycles. The minimum absolute atomic E-state index is 0.136. The number of hydrogen-bond donors (Lipinski definition) is 4. The number of benzene rings is 2. The maximum atomic E-state index is 11.1. The van der Waals surface area contributed by atoms with Gasteiger partial charge < -0.3 is 21.7 Å². The molecule has 4 nitrogen and oxygen atoms in total. The molecule has 0 aliphatic rings. The highest BCUT2D eigenvalue weighted by Crippen LogP contribution is 2.41. The molecule has 0 radical (unpaired) electrons. The van der Waals surface area contributed by atoms with Crippen LogP contribution >= 0.6 is 0 Å². The number of hydrogen-bond acceptors (Lipinski definition) is 4. The molecule has 0 heterocycles. The second kappa shape index (κ2) is 13.2. The summed E-state index contributed by atoms with van der Waals surface area (Å²) in [6, 6.07) is 12.3. The molecular formula is C30H48N2O2. The molecule has 4 heteroatoms. The fourth-order valence-corrected chi connectivity index (χ4v) is 5.56. The van der Waals surface area contributed by atoms with Crippen LogP contribution in [0.3, 0.4) is 0 Å². The van der Waals surface area contributed by atoms with Crippen molar-refractivity contribution in [3.63, 3.8) is 0 Å². The maximum Gasteiger partial charge on any atom is 0.0837 e. The number of aliphatic hydroxyl groups excluding tert-OH is 2. The molecule has 0 amide bonds. The first-order valence-electron chi connectivity index (χ1n) is 13.4. The molecule has 0 fully saturated rings. The van der Waals surface area contributed by atoms with Gasteiger partial charge in [0, 0.05) is 28.4 Å². The highest BCUT2D eigenvalue weighted by molar-refractivity contribution is 5.55. The molecule has 190 valence electrons. The quantitative estimate of drug-likeness (QED) is 0.231. The molecule has 2 aromatic rings. The van der Waals surface area contributed by atoms with Gasteiger partial charge in [-0.1, -0.05) is 104 Å². The Bertz CT molecular complexity index is 818. The number of aliphatic hydroxyl groups is 2. The molecule has 0 aliphatic heterocycles. The monoisotopic (exact) mass is 468 g/mol. The zero-order chi connectivity index (χ0) is 25.4. The van der Waals surface area contributed by atoms with Crippen LogP contribution in [0.4, 0.5) is 11.4 Å². The van der Waals surface area contributed by atoms with E-state index >= 15 is 0 Å². The summed E-state index contributed by atoms with van der Waals surface area (Å²) in [5.41, 5.74) is 18.0. The molecule has 2 atom stereocenters. The van der Waals surface area contributed by atoms with Gasteiger partial charge in [-0.2, -0.15) is 0 Å². The molecule has 2 rings (SSSR count). The van der Waals surface area contributed by atoms with Crippen molar-refractivity contribution in [1.29, 1.82) is 0 Å². The summed E-state index contributed by atoms with van der Waals surface area (Å²) in [7, 11) is 0. The van der Waals surface area contributed by atoms with Crippen molar-refractivity contribution in [2.24, 2.45) is 17.8 Å². The predicted octanol–water partition coefficient (Wildman–Crippen LogP) is 7.36. The Morgan fingerprint density at radius 1 is 0.559 bits per heavy atom. The zero-order valence-corrected chi connectivity index (χ0v) is 22.2. The van der Waals surface area contributed by atoms with Crippen LogP contribution in [0.25, 0.3) is 0 Å². The maximum absolute atomic E-state index is 11.1. The summed E-state index contributed by atoms with van der Waals surface area (Å²) in [6.07, 6.45) is 4.56. The topological polar surface area (TPSA) is 92.5 Å². The van der Waals surface area contributed by atoms with Gasteiger partial charge in [-0.3, -0.25) is 0 Å². The lowest BCUT2D eigenvalue weighted by Gasteiger charge is -2.30. The molecule has 0 saturated heterocycles. The molecule has 0 aromatic heterocycles. The lowest BCUT2D eigenvalue weighted by molar-refractivity contribution is 0.104. The van der Waals surface area contributed by atoms with E-state index in [0.29, 0.717) is 17.3 Å². The summed E-state index contributed by atoms with van der Waals surface area (Å²) < 4.78 is 0. The van der Waals surface area contributed by atoms with Gasteiger partial charge in [0.25, 0.3) is 0 Å². The van der Waals surface area contributed by atoms with E-state index in [-0.39, 0.29) is 17.8 Å². The van der Waals surface area contributed by atoms with Crippen LogP contribution in [-0.4, -0.2) is 10.2 Å². The summed E-state index contributed by atoms with van der Waals surface area (Å²) in [5, 5.41) is 22.3. The van der Waals surface area contributed by atoms with Crippen LogP contribution in [0.2, 0.25) is 0 Å². The fourth-order valence-electron chi connectivity index (χ4n) is 5.56. The van der Waals surface area contributed by atoms with E-state index in [0.717, 1.165) is 60.8 Å². The summed E-state index contributed by atoms with van der Waals surface area (Å²) in [6.45, 7) is 12.9. The van der Waals surface area contributed by atoms with Crippen molar-refractivity contribution in [2.75, 3.05) is 11.5 Å². The summed E-state index contributed by atoms with van der Waals surface area (Å²) in [5.74, 6) is 0.921. The summed E-state index contributed by atoms with van der Waals surface area (Å²) >= 11 is 0. The number of rotatable bonds is 13. The van der Waals surface area contributed by atoms with Gasteiger partial charge in [0.05, 0.1) is 12.2 Å². The Kier molecular flexibility index (Phi) is 10.9. The second-order valence-electron chi connectivity index (χ2n) is 9.87.